The third-order valence-electron chi connectivity index (χ3n) is 3.25. The Morgan fingerprint density at radius 3 is 2.15 bits per heavy atom. The Bertz CT molecular complexity index is 583. The predicted octanol–water partition coefficient (Wildman–Crippen LogP) is 5.90. The van der Waals surface area contributed by atoms with Crippen LogP contribution < -0.4 is 5.32 Å². The molecule has 0 aliphatic rings. The lowest BCUT2D eigenvalue weighted by atomic mass is 9.87. The molecule has 0 aliphatic carbocycles. The molecule has 2 rings (SSSR count). The zero-order valence-electron chi connectivity index (χ0n) is 12.0. The van der Waals surface area contributed by atoms with Crippen molar-refractivity contribution in [3.05, 3.63) is 63.6 Å². The molecule has 0 amide bonds. The molecule has 0 saturated carbocycles. The molecule has 0 saturated heterocycles. The van der Waals surface area contributed by atoms with E-state index in [2.05, 4.69) is 50.4 Å². The van der Waals surface area contributed by atoms with Crippen molar-refractivity contribution in [1.82, 2.24) is 0 Å². The normalized spacial score (nSPS) is 11.4. The van der Waals surface area contributed by atoms with Gasteiger partial charge in [0.25, 0.3) is 0 Å². The molecule has 20 heavy (non-hydrogen) atoms. The van der Waals surface area contributed by atoms with Crippen LogP contribution in [-0.2, 0) is 12.0 Å². The van der Waals surface area contributed by atoms with Crippen molar-refractivity contribution in [2.45, 2.75) is 32.7 Å². The van der Waals surface area contributed by atoms with Gasteiger partial charge in [0.15, 0.2) is 0 Å². The summed E-state index contributed by atoms with van der Waals surface area (Å²) in [5.41, 5.74) is 3.63. The molecular weight excluding hydrogens is 289 g/mol. The van der Waals surface area contributed by atoms with Crippen LogP contribution in [-0.4, -0.2) is 0 Å². The number of hydrogen-bond donors (Lipinski definition) is 1. The van der Waals surface area contributed by atoms with E-state index in [9.17, 15) is 0 Å². The van der Waals surface area contributed by atoms with E-state index in [0.29, 0.717) is 16.6 Å². The first-order valence-corrected chi connectivity index (χ1v) is 7.40. The quantitative estimate of drug-likeness (QED) is 0.744. The van der Waals surface area contributed by atoms with Gasteiger partial charge in [-0.05, 0) is 40.8 Å². The number of hydrogen-bond acceptors (Lipinski definition) is 1. The Morgan fingerprint density at radius 2 is 1.60 bits per heavy atom. The summed E-state index contributed by atoms with van der Waals surface area (Å²) >= 11 is 12.0. The molecule has 0 heterocycles. The maximum absolute atomic E-state index is 6.16. The lowest BCUT2D eigenvalue weighted by molar-refractivity contribution is 0.590. The van der Waals surface area contributed by atoms with Crippen LogP contribution in [0.4, 0.5) is 5.69 Å². The van der Waals surface area contributed by atoms with E-state index in [0.717, 1.165) is 11.3 Å². The topological polar surface area (TPSA) is 12.0 Å². The number of halogens is 2. The van der Waals surface area contributed by atoms with E-state index >= 15 is 0 Å². The van der Waals surface area contributed by atoms with E-state index in [-0.39, 0.29) is 5.41 Å². The average Bonchev–Trinajstić information content (AvgIpc) is 2.37. The highest BCUT2D eigenvalue weighted by Crippen LogP contribution is 2.25. The summed E-state index contributed by atoms with van der Waals surface area (Å²) in [5.74, 6) is 0. The van der Waals surface area contributed by atoms with E-state index in [1.54, 1.807) is 6.07 Å². The summed E-state index contributed by atoms with van der Waals surface area (Å²) in [6, 6.07) is 14.1. The third-order valence-corrected chi connectivity index (χ3v) is 3.84. The molecule has 0 radical (unpaired) electrons. The van der Waals surface area contributed by atoms with Gasteiger partial charge in [0.2, 0.25) is 0 Å². The van der Waals surface area contributed by atoms with Crippen LogP contribution in [0.3, 0.4) is 0 Å². The molecule has 2 aromatic rings. The summed E-state index contributed by atoms with van der Waals surface area (Å²) in [5, 5.41) is 4.72. The minimum absolute atomic E-state index is 0.179. The fourth-order valence-electron chi connectivity index (χ4n) is 1.95. The molecule has 0 bridgehead atoms. The fourth-order valence-corrected chi connectivity index (χ4v) is 2.43. The molecule has 0 unspecified atom stereocenters. The maximum atomic E-state index is 6.16. The van der Waals surface area contributed by atoms with Crippen LogP contribution in [0.2, 0.25) is 10.0 Å². The molecule has 0 aromatic heterocycles. The standard InChI is InChI=1S/C17H19Cl2N/c1-17(2,3)13-5-8-15(9-6-13)20-11-12-4-7-14(18)10-16(12)19/h4-10,20H,11H2,1-3H3. The van der Waals surface area contributed by atoms with E-state index in [4.69, 9.17) is 23.2 Å². The van der Waals surface area contributed by atoms with Gasteiger partial charge in [-0.15, -0.1) is 0 Å². The molecule has 1 nitrogen and oxygen atoms in total. The Morgan fingerprint density at radius 1 is 0.950 bits per heavy atom. The molecule has 106 valence electrons. The van der Waals surface area contributed by atoms with Gasteiger partial charge in [-0.25, -0.2) is 0 Å². The number of rotatable bonds is 3. The molecular formula is C17H19Cl2N. The number of benzene rings is 2. The Kier molecular flexibility index (Phi) is 4.62. The molecule has 3 heteroatoms. The first kappa shape index (κ1) is 15.2. The summed E-state index contributed by atoms with van der Waals surface area (Å²) in [6.07, 6.45) is 0. The van der Waals surface area contributed by atoms with Crippen LogP contribution in [0.15, 0.2) is 42.5 Å². The first-order valence-electron chi connectivity index (χ1n) is 6.64. The van der Waals surface area contributed by atoms with Crippen molar-refractivity contribution < 1.29 is 0 Å². The Labute approximate surface area is 130 Å². The van der Waals surface area contributed by atoms with Gasteiger partial charge in [0.05, 0.1) is 0 Å². The summed E-state index contributed by atoms with van der Waals surface area (Å²) < 4.78 is 0. The molecule has 0 fully saturated rings. The van der Waals surface area contributed by atoms with Gasteiger partial charge in [-0.2, -0.15) is 0 Å². The molecule has 1 N–H and O–H groups in total. The van der Waals surface area contributed by atoms with Gasteiger partial charge in [0.1, 0.15) is 0 Å². The summed E-state index contributed by atoms with van der Waals surface area (Å²) in [6.45, 7) is 7.32. The first-order chi connectivity index (χ1) is 9.36. The van der Waals surface area contributed by atoms with Crippen LogP contribution in [0, 0.1) is 0 Å². The fraction of sp³-hybridized carbons (Fsp3) is 0.294. The van der Waals surface area contributed by atoms with E-state index < -0.39 is 0 Å². The summed E-state index contributed by atoms with van der Waals surface area (Å²) in [4.78, 5) is 0. The zero-order chi connectivity index (χ0) is 14.8. The minimum Gasteiger partial charge on any atom is -0.381 e. The van der Waals surface area contributed by atoms with Gasteiger partial charge in [-0.3, -0.25) is 0 Å². The lowest BCUT2D eigenvalue weighted by Gasteiger charge is -2.19. The maximum Gasteiger partial charge on any atom is 0.0470 e. The second-order valence-electron chi connectivity index (χ2n) is 5.92. The summed E-state index contributed by atoms with van der Waals surface area (Å²) in [7, 11) is 0. The zero-order valence-corrected chi connectivity index (χ0v) is 13.5. The molecule has 0 spiro atoms. The van der Waals surface area contributed by atoms with Crippen molar-refractivity contribution in [3.8, 4) is 0 Å². The largest absolute Gasteiger partial charge is 0.381 e. The highest BCUT2D eigenvalue weighted by molar-refractivity contribution is 6.35. The van der Waals surface area contributed by atoms with Crippen molar-refractivity contribution in [1.29, 1.82) is 0 Å². The van der Waals surface area contributed by atoms with Crippen LogP contribution in [0.25, 0.3) is 0 Å². The van der Waals surface area contributed by atoms with Crippen molar-refractivity contribution in [3.63, 3.8) is 0 Å². The molecule has 2 aromatic carbocycles. The molecule has 0 aliphatic heterocycles. The van der Waals surface area contributed by atoms with Crippen molar-refractivity contribution >= 4 is 28.9 Å². The highest BCUT2D eigenvalue weighted by Gasteiger charge is 2.12. The minimum atomic E-state index is 0.179. The van der Waals surface area contributed by atoms with E-state index in [1.165, 1.54) is 5.56 Å². The van der Waals surface area contributed by atoms with Gasteiger partial charge in [-0.1, -0.05) is 62.2 Å². The Hall–Kier alpha value is -1.18. The third kappa shape index (κ3) is 3.91. The van der Waals surface area contributed by atoms with Crippen LogP contribution in [0.1, 0.15) is 31.9 Å². The predicted molar refractivity (Wildman–Crippen MR) is 88.9 cm³/mol. The number of anilines is 1. The highest BCUT2D eigenvalue weighted by atomic mass is 35.5. The van der Waals surface area contributed by atoms with Crippen molar-refractivity contribution in [2.24, 2.45) is 0 Å². The monoisotopic (exact) mass is 307 g/mol. The van der Waals surface area contributed by atoms with Crippen LogP contribution in [0.5, 0.6) is 0 Å². The van der Waals surface area contributed by atoms with E-state index in [1.807, 2.05) is 12.1 Å². The Balaban J connectivity index is 2.04. The molecule has 0 atom stereocenters. The lowest BCUT2D eigenvalue weighted by Crippen LogP contribution is -2.10. The van der Waals surface area contributed by atoms with Gasteiger partial charge < -0.3 is 5.32 Å². The SMILES string of the molecule is CC(C)(C)c1ccc(NCc2ccc(Cl)cc2Cl)cc1. The van der Waals surface area contributed by atoms with Crippen molar-refractivity contribution in [2.75, 3.05) is 5.32 Å². The smallest absolute Gasteiger partial charge is 0.0470 e. The second kappa shape index (κ2) is 6.07. The van der Waals surface area contributed by atoms with Crippen LogP contribution >= 0.6 is 23.2 Å². The van der Waals surface area contributed by atoms with Gasteiger partial charge in [0, 0.05) is 22.3 Å². The average molecular weight is 308 g/mol. The number of nitrogens with one attached hydrogen (secondary N) is 1. The second-order valence-corrected chi connectivity index (χ2v) is 6.76. The van der Waals surface area contributed by atoms with Gasteiger partial charge >= 0.3 is 0 Å².